The molecule has 1 aliphatic heterocycles. The van der Waals surface area contributed by atoms with Crippen LogP contribution in [0.25, 0.3) is 0 Å². The van der Waals surface area contributed by atoms with Crippen LogP contribution < -0.4 is 0 Å². The number of esters is 2. The summed E-state index contributed by atoms with van der Waals surface area (Å²) in [5.74, 6) is -5.55. The Labute approximate surface area is 401 Å². The minimum atomic E-state index is -5.78. The van der Waals surface area contributed by atoms with Crippen molar-refractivity contribution in [3.8, 4) is 0 Å². The molecule has 2 bridgehead atoms. The van der Waals surface area contributed by atoms with Crippen molar-refractivity contribution in [2.24, 2.45) is 11.8 Å². The minimum Gasteiger partial charge on any atom is -0.462 e. The molecule has 0 spiro atoms. The molecule has 1 saturated carbocycles. The fourth-order valence-corrected chi connectivity index (χ4v) is 9.41. The summed E-state index contributed by atoms with van der Waals surface area (Å²) in [5.41, 5.74) is 0. The van der Waals surface area contributed by atoms with Gasteiger partial charge < -0.3 is 54.8 Å². The van der Waals surface area contributed by atoms with E-state index in [1.807, 2.05) is 19.1 Å². The number of phosphoric ester groups is 2. The Bertz CT molecular complexity index is 1670. The monoisotopic (exact) mass is 1010 g/mol. The van der Waals surface area contributed by atoms with Crippen LogP contribution in [0.4, 0.5) is 0 Å². The molecule has 0 amide bonds. The number of Topliss-reactive ketones (excluding diaryl/α,β-unsaturated/α-hetero) is 1. The number of ether oxygens (including phenoxy) is 2. The third-order valence-electron chi connectivity index (χ3n) is 11.8. The molecule has 1 unspecified atom stereocenters. The number of carbonyl (C=O) groups excluding carboxylic acids is 3. The summed E-state index contributed by atoms with van der Waals surface area (Å²) < 4.78 is 52.2. The van der Waals surface area contributed by atoms with Crippen LogP contribution in [0.5, 0.6) is 0 Å². The molecule has 392 valence electrons. The Morgan fingerprint density at radius 2 is 1.43 bits per heavy atom. The summed E-state index contributed by atoms with van der Waals surface area (Å²) in [6.45, 7) is 2.50. The predicted octanol–water partition coefficient (Wildman–Crippen LogP) is 5.87. The SMILES string of the molecule is CCCCC/C=C\C/C=C\C/C=C\CCCCC(=O)O[C@@H]1COC(=O)CCCCCC[C@H]2C(=O)C[C@@H](O)[C@H](/C=C/[C@@H](O)CCCCC)[C@@H](O)[C@@H](OP(=O)(O)O)[C@@H](OP(=O)(O)OC1)[C@H](O)[C@@H](O)[C@@H]2O. The second-order valence-corrected chi connectivity index (χ2v) is 20.2. The summed E-state index contributed by atoms with van der Waals surface area (Å²) in [4.78, 5) is 70.5. The van der Waals surface area contributed by atoms with E-state index in [4.69, 9.17) is 23.0 Å². The smallest absolute Gasteiger partial charge is 0.462 e. The molecule has 19 nitrogen and oxygen atoms in total. The number of cyclic esters (lactones) is 1. The number of rotatable bonds is 22. The average molecular weight is 1010 g/mol. The summed E-state index contributed by atoms with van der Waals surface area (Å²) in [6, 6.07) is 0. The van der Waals surface area contributed by atoms with Gasteiger partial charge in [0.05, 0.1) is 31.0 Å². The third kappa shape index (κ3) is 25.6. The van der Waals surface area contributed by atoms with E-state index in [1.54, 1.807) is 0 Å². The highest BCUT2D eigenvalue weighted by molar-refractivity contribution is 7.47. The van der Waals surface area contributed by atoms with Gasteiger partial charge in [0, 0.05) is 31.1 Å². The van der Waals surface area contributed by atoms with E-state index in [1.165, 1.54) is 25.3 Å². The second-order valence-electron chi connectivity index (χ2n) is 17.6. The van der Waals surface area contributed by atoms with Crippen LogP contribution in [0.2, 0.25) is 0 Å². The molecule has 0 aromatic carbocycles. The highest BCUT2D eigenvalue weighted by Gasteiger charge is 2.51. The van der Waals surface area contributed by atoms with Crippen molar-refractivity contribution in [3.05, 3.63) is 48.6 Å². The normalized spacial score (nSPS) is 30.9. The molecule has 2 rings (SSSR count). The highest BCUT2D eigenvalue weighted by Crippen LogP contribution is 2.49. The Balaban J connectivity index is 2.38. The molecule has 68 heavy (non-hydrogen) atoms. The molecule has 1 aliphatic carbocycles. The molecule has 0 aromatic rings. The van der Waals surface area contributed by atoms with Crippen LogP contribution in [0, 0.1) is 11.8 Å². The maximum Gasteiger partial charge on any atom is 0.472 e. The standard InChI is InChI=1S/C47H80O19P2/c1-3-5-7-8-9-10-11-12-13-14-15-16-17-18-24-28-41(52)64-35-32-62-40(51)27-23-20-19-22-26-36-38(49)31-39(50)37(30-29-34(48)25-21-6-4-2)43(54)46(65-67(57,58)59)47(45(56)44(55)42(36)53)66-68(60,61)63-33-35/h9-10,12-13,15-16,29-30,34-37,39,42-48,50,53-56H,3-8,11,14,17-28,31-33H2,1-2H3,(H,60,61)(H2,57,58,59)/b10-9-,13-12-,16-15-,30-29+/t34-,35+,36-,37-,39+,42+,43+,44-,45+,46+,47-/m0/s1. The minimum absolute atomic E-state index is 0.0716. The first kappa shape index (κ1) is 61.7. The second kappa shape index (κ2) is 34.0. The topological polar surface area (TPSA) is 314 Å². The molecule has 0 aromatic heterocycles. The number of carbonyl (C=O) groups is 3. The van der Waals surface area contributed by atoms with Gasteiger partial charge in [-0.25, -0.2) is 9.13 Å². The first-order valence-corrected chi connectivity index (χ1v) is 27.3. The zero-order valence-corrected chi connectivity index (χ0v) is 41.5. The predicted molar refractivity (Wildman–Crippen MR) is 251 cm³/mol. The number of hydrogen-bond acceptors (Lipinski definition) is 16. The fraction of sp³-hybridized carbons (Fsp3) is 0.766. The number of aliphatic hydroxyl groups is 6. The van der Waals surface area contributed by atoms with E-state index in [-0.39, 0.29) is 32.1 Å². The number of allylic oxidation sites excluding steroid dienone is 6. The number of hydrogen-bond donors (Lipinski definition) is 9. The number of aliphatic hydroxyl groups excluding tert-OH is 6. The van der Waals surface area contributed by atoms with Crippen LogP contribution in [-0.2, 0) is 46.6 Å². The lowest BCUT2D eigenvalue weighted by Crippen LogP contribution is -2.56. The average Bonchev–Trinajstić information content (AvgIpc) is 3.28. The van der Waals surface area contributed by atoms with Crippen LogP contribution >= 0.6 is 15.6 Å². The van der Waals surface area contributed by atoms with E-state index in [2.05, 4.69) is 31.2 Å². The maximum absolute atomic E-state index is 13.8. The molecule has 0 radical (unpaired) electrons. The molecular formula is C47H80O19P2. The number of ketones is 1. The van der Waals surface area contributed by atoms with Gasteiger partial charge in [-0.2, -0.15) is 0 Å². The van der Waals surface area contributed by atoms with Crippen LogP contribution in [0.15, 0.2) is 48.6 Å². The van der Waals surface area contributed by atoms with Gasteiger partial charge in [-0.1, -0.05) is 114 Å². The first-order valence-electron chi connectivity index (χ1n) is 24.3. The quantitative estimate of drug-likeness (QED) is 0.0265. The number of phosphoric acid groups is 2. The molecule has 21 heteroatoms. The third-order valence-corrected chi connectivity index (χ3v) is 13.3. The van der Waals surface area contributed by atoms with Crippen molar-refractivity contribution in [3.63, 3.8) is 0 Å². The lowest BCUT2D eigenvalue weighted by Gasteiger charge is -2.38. The maximum atomic E-state index is 13.8. The van der Waals surface area contributed by atoms with Crippen LogP contribution in [0.3, 0.4) is 0 Å². The van der Waals surface area contributed by atoms with Gasteiger partial charge in [-0.15, -0.1) is 0 Å². The van der Waals surface area contributed by atoms with Crippen molar-refractivity contribution in [2.75, 3.05) is 13.2 Å². The number of unbranched alkanes of at least 4 members (excludes halogenated alkanes) is 7. The molecule has 9 N–H and O–H groups in total. The zero-order valence-electron chi connectivity index (χ0n) is 39.7. The van der Waals surface area contributed by atoms with Crippen molar-refractivity contribution in [2.45, 2.75) is 204 Å². The highest BCUT2D eigenvalue weighted by atomic mass is 31.2. The van der Waals surface area contributed by atoms with Gasteiger partial charge in [0.25, 0.3) is 0 Å². The van der Waals surface area contributed by atoms with E-state index in [9.17, 15) is 68.8 Å². The van der Waals surface area contributed by atoms with Gasteiger partial charge in [0.1, 0.15) is 36.8 Å². The van der Waals surface area contributed by atoms with Crippen LogP contribution in [-0.4, -0.2) is 131 Å². The molecular weight excluding hydrogens is 930 g/mol. The molecule has 1 saturated heterocycles. The van der Waals surface area contributed by atoms with Gasteiger partial charge in [-0.3, -0.25) is 28.0 Å². The van der Waals surface area contributed by atoms with Crippen molar-refractivity contribution in [1.82, 2.24) is 0 Å². The fourth-order valence-electron chi connectivity index (χ4n) is 7.88. The van der Waals surface area contributed by atoms with Gasteiger partial charge >= 0.3 is 27.6 Å². The lowest BCUT2D eigenvalue weighted by molar-refractivity contribution is -0.165. The summed E-state index contributed by atoms with van der Waals surface area (Å²) in [7, 11) is -11.5. The van der Waals surface area contributed by atoms with E-state index >= 15 is 0 Å². The summed E-state index contributed by atoms with van der Waals surface area (Å²) >= 11 is 0. The lowest BCUT2D eigenvalue weighted by atomic mass is 9.83. The zero-order chi connectivity index (χ0) is 50.5. The van der Waals surface area contributed by atoms with Crippen molar-refractivity contribution >= 4 is 33.4 Å². The van der Waals surface area contributed by atoms with Crippen molar-refractivity contribution in [1.29, 1.82) is 0 Å². The Morgan fingerprint density at radius 1 is 0.809 bits per heavy atom. The summed E-state index contributed by atoms with van der Waals surface area (Å²) in [5, 5.41) is 68.3. The molecule has 2 fully saturated rings. The van der Waals surface area contributed by atoms with E-state index in [0.29, 0.717) is 44.9 Å². The Hall–Kier alpha value is -2.45. The van der Waals surface area contributed by atoms with Gasteiger partial charge in [0.15, 0.2) is 6.10 Å². The van der Waals surface area contributed by atoms with Crippen LogP contribution in [0.1, 0.15) is 149 Å². The first-order chi connectivity index (χ1) is 32.3. The Kier molecular flexibility index (Phi) is 30.8. The van der Waals surface area contributed by atoms with Crippen molar-refractivity contribution < 1.29 is 91.9 Å². The van der Waals surface area contributed by atoms with Gasteiger partial charge in [-0.05, 0) is 64.2 Å². The Morgan fingerprint density at radius 3 is 2.07 bits per heavy atom. The molecule has 2 aliphatic rings. The van der Waals surface area contributed by atoms with Gasteiger partial charge in [0.2, 0.25) is 0 Å². The summed E-state index contributed by atoms with van der Waals surface area (Å²) in [6.07, 6.45) is 5.93. The molecule has 12 atom stereocenters. The van der Waals surface area contributed by atoms with E-state index < -0.39 is 120 Å². The van der Waals surface area contributed by atoms with E-state index in [0.717, 1.165) is 38.2 Å². The number of fused-ring (bicyclic) bond motifs is 4. The molecule has 1 heterocycles. The largest absolute Gasteiger partial charge is 0.472 e.